The summed E-state index contributed by atoms with van der Waals surface area (Å²) in [6.07, 6.45) is 0. The SMILES string of the molecule is CCOC(=O)COc1ccc(SCl)cc1C. The number of benzene rings is 1. The number of hydrogen-bond acceptors (Lipinski definition) is 4. The van der Waals surface area contributed by atoms with E-state index in [0.717, 1.165) is 21.4 Å². The van der Waals surface area contributed by atoms with Crippen LogP contribution in [0, 0.1) is 6.92 Å². The first-order valence-corrected chi connectivity index (χ1v) is 6.49. The third-order valence-corrected chi connectivity index (χ3v) is 2.85. The van der Waals surface area contributed by atoms with Crippen molar-refractivity contribution in [1.29, 1.82) is 0 Å². The summed E-state index contributed by atoms with van der Waals surface area (Å²) in [4.78, 5) is 12.0. The van der Waals surface area contributed by atoms with Crippen molar-refractivity contribution in [1.82, 2.24) is 0 Å². The van der Waals surface area contributed by atoms with Crippen LogP contribution >= 0.6 is 21.7 Å². The van der Waals surface area contributed by atoms with Crippen molar-refractivity contribution in [2.75, 3.05) is 13.2 Å². The molecule has 1 aromatic carbocycles. The van der Waals surface area contributed by atoms with Crippen molar-refractivity contribution < 1.29 is 14.3 Å². The lowest BCUT2D eigenvalue weighted by atomic mass is 10.2. The Morgan fingerprint density at radius 2 is 2.25 bits per heavy atom. The Kier molecular flexibility index (Phi) is 5.49. The zero-order valence-corrected chi connectivity index (χ0v) is 10.7. The average Bonchev–Trinajstić information content (AvgIpc) is 2.27. The fraction of sp³-hybridized carbons (Fsp3) is 0.364. The van der Waals surface area contributed by atoms with Crippen molar-refractivity contribution in [2.24, 2.45) is 0 Å². The standard InChI is InChI=1S/C11H13ClO3S/c1-3-14-11(13)7-15-10-5-4-9(16-12)6-8(10)2/h4-6H,3,7H2,1-2H3. The van der Waals surface area contributed by atoms with Crippen molar-refractivity contribution in [3.8, 4) is 5.75 Å². The molecule has 1 rings (SSSR count). The van der Waals surface area contributed by atoms with Crippen molar-refractivity contribution >= 4 is 27.6 Å². The van der Waals surface area contributed by atoms with E-state index in [1.54, 1.807) is 13.0 Å². The Bertz CT molecular complexity index is 368. The summed E-state index contributed by atoms with van der Waals surface area (Å²) in [7, 11) is 6.77. The lowest BCUT2D eigenvalue weighted by Gasteiger charge is -2.09. The summed E-state index contributed by atoms with van der Waals surface area (Å²) in [6, 6.07) is 5.53. The average molecular weight is 261 g/mol. The topological polar surface area (TPSA) is 35.5 Å². The van der Waals surface area contributed by atoms with Gasteiger partial charge in [0, 0.05) is 4.90 Å². The van der Waals surface area contributed by atoms with Crippen LogP contribution in [0.5, 0.6) is 5.75 Å². The molecule has 3 nitrogen and oxygen atoms in total. The van der Waals surface area contributed by atoms with Crippen molar-refractivity contribution in [3.63, 3.8) is 0 Å². The zero-order valence-electron chi connectivity index (χ0n) is 9.16. The maximum atomic E-state index is 11.1. The lowest BCUT2D eigenvalue weighted by molar-refractivity contribution is -0.145. The van der Waals surface area contributed by atoms with Gasteiger partial charge in [-0.2, -0.15) is 0 Å². The Morgan fingerprint density at radius 3 is 2.81 bits per heavy atom. The first-order valence-electron chi connectivity index (χ1n) is 4.85. The molecule has 0 radical (unpaired) electrons. The van der Waals surface area contributed by atoms with E-state index in [1.807, 2.05) is 19.1 Å². The molecule has 0 amide bonds. The van der Waals surface area contributed by atoms with Gasteiger partial charge in [-0.3, -0.25) is 0 Å². The largest absolute Gasteiger partial charge is 0.482 e. The number of esters is 1. The Labute approximate surface area is 104 Å². The van der Waals surface area contributed by atoms with E-state index in [-0.39, 0.29) is 12.6 Å². The molecule has 0 aliphatic rings. The first kappa shape index (κ1) is 13.2. The van der Waals surface area contributed by atoms with Crippen LogP contribution < -0.4 is 4.74 Å². The van der Waals surface area contributed by atoms with Crippen LogP contribution in [0.25, 0.3) is 0 Å². The third kappa shape index (κ3) is 3.94. The van der Waals surface area contributed by atoms with E-state index in [9.17, 15) is 4.79 Å². The third-order valence-electron chi connectivity index (χ3n) is 1.89. The second-order valence-electron chi connectivity index (χ2n) is 3.10. The molecule has 1 aromatic rings. The molecular formula is C11H13ClO3S. The maximum Gasteiger partial charge on any atom is 0.344 e. The summed E-state index contributed by atoms with van der Waals surface area (Å²) >= 11 is 0. The number of halogens is 1. The molecule has 0 saturated carbocycles. The van der Waals surface area contributed by atoms with Gasteiger partial charge < -0.3 is 9.47 Å². The highest BCUT2D eigenvalue weighted by Crippen LogP contribution is 2.27. The number of rotatable bonds is 5. The zero-order chi connectivity index (χ0) is 12.0. The second-order valence-corrected chi connectivity index (χ2v) is 4.19. The highest BCUT2D eigenvalue weighted by Gasteiger charge is 2.05. The summed E-state index contributed by atoms with van der Waals surface area (Å²) in [5.41, 5.74) is 0.940. The van der Waals surface area contributed by atoms with Crippen LogP contribution in [-0.4, -0.2) is 19.2 Å². The number of ether oxygens (including phenoxy) is 2. The Balaban J connectivity index is 2.57. The molecule has 0 aliphatic heterocycles. The lowest BCUT2D eigenvalue weighted by Crippen LogP contribution is -2.14. The molecule has 0 spiro atoms. The van der Waals surface area contributed by atoms with Crippen LogP contribution in [0.4, 0.5) is 0 Å². The van der Waals surface area contributed by atoms with Gasteiger partial charge >= 0.3 is 5.97 Å². The quantitative estimate of drug-likeness (QED) is 0.762. The fourth-order valence-corrected chi connectivity index (χ4v) is 1.80. The minimum atomic E-state index is -0.363. The maximum absolute atomic E-state index is 11.1. The van der Waals surface area contributed by atoms with Gasteiger partial charge in [-0.15, -0.1) is 0 Å². The van der Waals surface area contributed by atoms with Gasteiger partial charge in [0.15, 0.2) is 6.61 Å². The predicted octanol–water partition coefficient (Wildman–Crippen LogP) is 3.18. The summed E-state index contributed by atoms with van der Waals surface area (Å²) in [6.45, 7) is 3.96. The minimum absolute atomic E-state index is 0.0674. The molecule has 0 aromatic heterocycles. The Morgan fingerprint density at radius 1 is 1.50 bits per heavy atom. The molecule has 0 atom stereocenters. The molecule has 5 heteroatoms. The molecule has 88 valence electrons. The number of carbonyl (C=O) groups excluding carboxylic acids is 1. The predicted molar refractivity (Wildman–Crippen MR) is 65.0 cm³/mol. The van der Waals surface area contributed by atoms with Crippen LogP contribution in [0.2, 0.25) is 0 Å². The van der Waals surface area contributed by atoms with Gasteiger partial charge in [0.25, 0.3) is 0 Å². The van der Waals surface area contributed by atoms with Gasteiger partial charge in [-0.25, -0.2) is 4.79 Å². The van der Waals surface area contributed by atoms with Gasteiger partial charge in [0.2, 0.25) is 0 Å². The monoisotopic (exact) mass is 260 g/mol. The summed E-state index contributed by atoms with van der Waals surface area (Å²) < 4.78 is 10.1. The van der Waals surface area contributed by atoms with E-state index in [0.29, 0.717) is 12.4 Å². The van der Waals surface area contributed by atoms with Crippen LogP contribution in [0.1, 0.15) is 12.5 Å². The smallest absolute Gasteiger partial charge is 0.344 e. The first-order chi connectivity index (χ1) is 7.67. The number of carbonyl (C=O) groups is 1. The van der Waals surface area contributed by atoms with Gasteiger partial charge in [-0.1, -0.05) is 0 Å². The molecule has 16 heavy (non-hydrogen) atoms. The van der Waals surface area contributed by atoms with E-state index >= 15 is 0 Å². The van der Waals surface area contributed by atoms with Gasteiger partial charge in [0.1, 0.15) is 5.75 Å². The Hall–Kier alpha value is -0.870. The van der Waals surface area contributed by atoms with Crippen molar-refractivity contribution in [3.05, 3.63) is 23.8 Å². The number of hydrogen-bond donors (Lipinski definition) is 0. The van der Waals surface area contributed by atoms with E-state index in [2.05, 4.69) is 0 Å². The molecule has 0 fully saturated rings. The molecule has 0 saturated heterocycles. The van der Waals surface area contributed by atoms with Crippen LogP contribution in [0.15, 0.2) is 23.1 Å². The molecule has 0 heterocycles. The number of aryl methyl sites for hydroxylation is 1. The molecule has 0 N–H and O–H groups in total. The van der Waals surface area contributed by atoms with Crippen molar-refractivity contribution in [2.45, 2.75) is 18.7 Å². The molecule has 0 bridgehead atoms. The highest BCUT2D eigenvalue weighted by atomic mass is 35.7. The summed E-state index contributed by atoms with van der Waals surface area (Å²) in [5, 5.41) is 0. The second kappa shape index (κ2) is 6.66. The molecule has 0 unspecified atom stereocenters. The minimum Gasteiger partial charge on any atom is -0.482 e. The van der Waals surface area contributed by atoms with E-state index in [1.165, 1.54) is 0 Å². The normalized spacial score (nSPS) is 9.94. The highest BCUT2D eigenvalue weighted by molar-refractivity contribution is 8.21. The van der Waals surface area contributed by atoms with Gasteiger partial charge in [0.05, 0.1) is 6.61 Å². The van der Waals surface area contributed by atoms with Crippen LogP contribution in [-0.2, 0) is 9.53 Å². The fourth-order valence-electron chi connectivity index (χ4n) is 1.17. The molecular weight excluding hydrogens is 248 g/mol. The van der Waals surface area contributed by atoms with Gasteiger partial charge in [-0.05, 0) is 59.3 Å². The molecule has 0 aliphatic carbocycles. The summed E-state index contributed by atoms with van der Waals surface area (Å²) in [5.74, 6) is 0.306. The van der Waals surface area contributed by atoms with E-state index in [4.69, 9.17) is 20.2 Å². The van der Waals surface area contributed by atoms with E-state index < -0.39 is 0 Å². The van der Waals surface area contributed by atoms with Crippen LogP contribution in [0.3, 0.4) is 0 Å².